The van der Waals surface area contributed by atoms with Gasteiger partial charge in [0.2, 0.25) is 5.75 Å². The molecule has 0 amide bonds. The van der Waals surface area contributed by atoms with Gasteiger partial charge in [-0.2, -0.15) is 0 Å². The minimum Gasteiger partial charge on any atom is -0.490 e. The van der Waals surface area contributed by atoms with Crippen LogP contribution < -0.4 is 21.3 Å². The summed E-state index contributed by atoms with van der Waals surface area (Å²) in [4.78, 5) is 8.04. The molecule has 0 radical (unpaired) electrons. The number of nitrogens with one attached hydrogen (secondary N) is 2. The summed E-state index contributed by atoms with van der Waals surface area (Å²) in [6.45, 7) is 5.25. The van der Waals surface area contributed by atoms with Gasteiger partial charge in [-0.25, -0.2) is 15.8 Å². The lowest BCUT2D eigenvalue weighted by atomic mass is 10.4. The Labute approximate surface area is 101 Å². The smallest absolute Gasteiger partial charge is 0.205 e. The van der Waals surface area contributed by atoms with Crippen LogP contribution in [0.2, 0.25) is 0 Å². The maximum atomic E-state index is 5.41. The highest BCUT2D eigenvalue weighted by Crippen LogP contribution is 2.27. The molecule has 4 N–H and O–H groups in total. The number of methoxy groups -OCH3 is 1. The third-order valence-electron chi connectivity index (χ3n) is 2.15. The van der Waals surface area contributed by atoms with Gasteiger partial charge in [0.15, 0.2) is 11.6 Å². The lowest BCUT2D eigenvalue weighted by Gasteiger charge is -2.15. The van der Waals surface area contributed by atoms with Gasteiger partial charge in [-0.05, 0) is 13.8 Å². The number of aromatic nitrogens is 2. The third kappa shape index (κ3) is 3.72. The molecule has 1 aromatic rings. The van der Waals surface area contributed by atoms with E-state index < -0.39 is 0 Å². The normalized spacial score (nSPS) is 12.0. The average Bonchev–Trinajstić information content (AvgIpc) is 2.36. The van der Waals surface area contributed by atoms with Crippen LogP contribution in [0.25, 0.3) is 0 Å². The molecule has 7 heteroatoms. The molecule has 0 bridgehead atoms. The van der Waals surface area contributed by atoms with Crippen molar-refractivity contribution in [3.63, 3.8) is 0 Å². The summed E-state index contributed by atoms with van der Waals surface area (Å²) in [5, 5.41) is 3.13. The summed E-state index contributed by atoms with van der Waals surface area (Å²) in [5.41, 5.74) is 2.45. The highest BCUT2D eigenvalue weighted by molar-refractivity contribution is 5.62. The van der Waals surface area contributed by atoms with E-state index in [1.165, 1.54) is 13.4 Å². The summed E-state index contributed by atoms with van der Waals surface area (Å²) < 4.78 is 10.6. The molecular weight excluding hydrogens is 222 g/mol. The lowest BCUT2D eigenvalue weighted by Crippen LogP contribution is -2.21. The number of nitrogens with two attached hydrogens (primary N) is 1. The Kier molecular flexibility index (Phi) is 5.44. The van der Waals surface area contributed by atoms with Crippen molar-refractivity contribution in [3.8, 4) is 5.75 Å². The first-order chi connectivity index (χ1) is 8.22. The zero-order chi connectivity index (χ0) is 12.7. The maximum Gasteiger partial charge on any atom is 0.205 e. The van der Waals surface area contributed by atoms with Gasteiger partial charge in [0.25, 0.3) is 0 Å². The fraction of sp³-hybridized carbons (Fsp3) is 0.600. The van der Waals surface area contributed by atoms with Gasteiger partial charge in [-0.3, -0.25) is 0 Å². The van der Waals surface area contributed by atoms with Gasteiger partial charge < -0.3 is 20.2 Å². The molecule has 1 heterocycles. The summed E-state index contributed by atoms with van der Waals surface area (Å²) in [6.07, 6.45) is 1.50. The quantitative estimate of drug-likeness (QED) is 0.475. The molecule has 0 aromatic carbocycles. The molecule has 1 unspecified atom stereocenters. The topological polar surface area (TPSA) is 94.3 Å². The molecule has 1 atom stereocenters. The van der Waals surface area contributed by atoms with E-state index in [1.54, 1.807) is 0 Å². The van der Waals surface area contributed by atoms with Crippen molar-refractivity contribution in [1.29, 1.82) is 0 Å². The molecular formula is C10H19N5O2. The standard InChI is InChI=1S/C10H19N5O2/c1-4-17-7(2)5-12-9-8(16-3)10(15-11)14-6-13-9/h6-7H,4-5,11H2,1-3H3,(H2,12,13,14,15). The molecule has 0 aliphatic rings. The first-order valence-electron chi connectivity index (χ1n) is 5.44. The molecule has 0 saturated carbocycles. The molecule has 0 fully saturated rings. The van der Waals surface area contributed by atoms with Crippen LogP contribution >= 0.6 is 0 Å². The summed E-state index contributed by atoms with van der Waals surface area (Å²) >= 11 is 0. The minimum atomic E-state index is 0.0916. The first kappa shape index (κ1) is 13.5. The van der Waals surface area contributed by atoms with Crippen LogP contribution in [0, 0.1) is 0 Å². The number of hydrogen-bond donors (Lipinski definition) is 3. The number of anilines is 2. The highest BCUT2D eigenvalue weighted by Gasteiger charge is 2.11. The van der Waals surface area contributed by atoms with E-state index in [0.717, 1.165) is 0 Å². The van der Waals surface area contributed by atoms with Crippen LogP contribution in [0.1, 0.15) is 13.8 Å². The van der Waals surface area contributed by atoms with Crippen molar-refractivity contribution in [3.05, 3.63) is 6.33 Å². The van der Waals surface area contributed by atoms with Crippen LogP contribution in [-0.2, 0) is 4.74 Å². The van der Waals surface area contributed by atoms with Gasteiger partial charge in [0.05, 0.1) is 13.2 Å². The summed E-state index contributed by atoms with van der Waals surface area (Å²) in [7, 11) is 1.54. The van der Waals surface area contributed by atoms with Crippen LogP contribution in [-0.4, -0.2) is 36.3 Å². The Morgan fingerprint density at radius 1 is 1.41 bits per heavy atom. The number of nitrogen functional groups attached to an aromatic ring is 1. The van der Waals surface area contributed by atoms with Crippen LogP contribution in [0.5, 0.6) is 5.75 Å². The number of hydrazine groups is 1. The number of rotatable bonds is 7. The lowest BCUT2D eigenvalue weighted by molar-refractivity contribution is 0.0854. The number of nitrogens with zero attached hydrogens (tertiary/aromatic N) is 2. The predicted octanol–water partition coefficient (Wildman–Crippen LogP) is 0.608. The fourth-order valence-electron chi connectivity index (χ4n) is 1.38. The predicted molar refractivity (Wildman–Crippen MR) is 66.0 cm³/mol. The molecule has 7 nitrogen and oxygen atoms in total. The van der Waals surface area contributed by atoms with Gasteiger partial charge in [-0.1, -0.05) is 0 Å². The van der Waals surface area contributed by atoms with Crippen molar-refractivity contribution >= 4 is 11.6 Å². The van der Waals surface area contributed by atoms with Gasteiger partial charge >= 0.3 is 0 Å². The Hall–Kier alpha value is -1.60. The van der Waals surface area contributed by atoms with Crippen LogP contribution in [0.15, 0.2) is 6.33 Å². The second kappa shape index (κ2) is 6.87. The molecule has 0 spiro atoms. The van der Waals surface area contributed by atoms with Crippen molar-refractivity contribution < 1.29 is 9.47 Å². The van der Waals surface area contributed by atoms with Crippen molar-refractivity contribution in [2.45, 2.75) is 20.0 Å². The Bertz CT molecular complexity index is 347. The molecule has 0 aliphatic carbocycles. The monoisotopic (exact) mass is 241 g/mol. The third-order valence-corrected chi connectivity index (χ3v) is 2.15. The number of ether oxygens (including phenoxy) is 2. The zero-order valence-corrected chi connectivity index (χ0v) is 10.4. The first-order valence-corrected chi connectivity index (χ1v) is 5.44. The SMILES string of the molecule is CCOC(C)CNc1ncnc(NN)c1OC. The molecule has 96 valence electrons. The second-order valence-electron chi connectivity index (χ2n) is 3.40. The highest BCUT2D eigenvalue weighted by atomic mass is 16.5. The minimum absolute atomic E-state index is 0.0916. The number of hydrogen-bond acceptors (Lipinski definition) is 7. The fourth-order valence-corrected chi connectivity index (χ4v) is 1.38. The van der Waals surface area contributed by atoms with E-state index >= 15 is 0 Å². The van der Waals surface area contributed by atoms with Crippen molar-refractivity contribution in [2.24, 2.45) is 5.84 Å². The Balaban J connectivity index is 2.70. The molecule has 0 saturated heterocycles. The average molecular weight is 241 g/mol. The van der Waals surface area contributed by atoms with E-state index in [4.69, 9.17) is 15.3 Å². The van der Waals surface area contributed by atoms with Crippen LogP contribution in [0.3, 0.4) is 0 Å². The molecule has 0 aliphatic heterocycles. The Morgan fingerprint density at radius 3 is 2.71 bits per heavy atom. The van der Waals surface area contributed by atoms with Crippen LogP contribution in [0.4, 0.5) is 11.6 Å². The second-order valence-corrected chi connectivity index (χ2v) is 3.40. The molecule has 1 rings (SSSR count). The van der Waals surface area contributed by atoms with Gasteiger partial charge in [-0.15, -0.1) is 0 Å². The van der Waals surface area contributed by atoms with Crippen molar-refractivity contribution in [2.75, 3.05) is 31.0 Å². The molecule has 1 aromatic heterocycles. The summed E-state index contributed by atoms with van der Waals surface area (Å²) in [5.74, 6) is 6.84. The van der Waals surface area contributed by atoms with E-state index in [2.05, 4.69) is 20.7 Å². The Morgan fingerprint density at radius 2 is 2.12 bits per heavy atom. The largest absolute Gasteiger partial charge is 0.490 e. The van der Waals surface area contributed by atoms with Crippen molar-refractivity contribution in [1.82, 2.24) is 9.97 Å². The van der Waals surface area contributed by atoms with E-state index in [-0.39, 0.29) is 6.10 Å². The summed E-state index contributed by atoms with van der Waals surface area (Å²) in [6, 6.07) is 0. The maximum absolute atomic E-state index is 5.41. The molecule has 17 heavy (non-hydrogen) atoms. The van der Waals surface area contributed by atoms with E-state index in [0.29, 0.717) is 30.5 Å². The van der Waals surface area contributed by atoms with E-state index in [9.17, 15) is 0 Å². The van der Waals surface area contributed by atoms with Gasteiger partial charge in [0, 0.05) is 13.2 Å². The van der Waals surface area contributed by atoms with E-state index in [1.807, 2.05) is 13.8 Å². The zero-order valence-electron chi connectivity index (χ0n) is 10.4. The van der Waals surface area contributed by atoms with Gasteiger partial charge in [0.1, 0.15) is 6.33 Å².